The van der Waals surface area contributed by atoms with Crippen molar-refractivity contribution in [1.29, 1.82) is 0 Å². The largest absolute Gasteiger partial charge is 0.378 e. The van der Waals surface area contributed by atoms with E-state index in [1.54, 1.807) is 0 Å². The maximum absolute atomic E-state index is 13.6. The highest BCUT2D eigenvalue weighted by molar-refractivity contribution is 8.00. The number of thioether (sulfide) groups is 1. The molecule has 1 unspecified atom stereocenters. The second-order valence-corrected chi connectivity index (χ2v) is 9.57. The summed E-state index contributed by atoms with van der Waals surface area (Å²) < 4.78 is 7.64. The van der Waals surface area contributed by atoms with Crippen LogP contribution in [-0.2, 0) is 9.53 Å². The Morgan fingerprint density at radius 2 is 1.73 bits per heavy atom. The number of anilines is 1. The molecule has 0 aliphatic carbocycles. The zero-order chi connectivity index (χ0) is 22.6. The first-order valence-electron chi connectivity index (χ1n) is 11.6. The number of aromatic nitrogens is 3. The van der Waals surface area contributed by atoms with Gasteiger partial charge in [0, 0.05) is 26.2 Å². The predicted molar refractivity (Wildman–Crippen MR) is 130 cm³/mol. The second-order valence-electron chi connectivity index (χ2n) is 8.50. The summed E-state index contributed by atoms with van der Waals surface area (Å²) in [5.41, 5.74) is 3.16. The number of carbonyl (C=O) groups is 1. The highest BCUT2D eigenvalue weighted by Gasteiger charge is 2.32. The minimum Gasteiger partial charge on any atom is -0.378 e. The van der Waals surface area contributed by atoms with E-state index in [2.05, 4.69) is 44.8 Å². The monoisotopic (exact) mass is 463 g/mol. The molecule has 3 aromatic rings. The van der Waals surface area contributed by atoms with Gasteiger partial charge in [0.05, 0.1) is 18.9 Å². The Hall–Kier alpha value is -2.84. The number of aryl methyl sites for hydroxylation is 1. The molecule has 5 rings (SSSR count). The third-order valence-electron chi connectivity index (χ3n) is 6.14. The summed E-state index contributed by atoms with van der Waals surface area (Å²) in [5.74, 6) is 0.947. The number of likely N-dealkylation sites (tertiary alicyclic amines) is 1. The number of hydrogen-bond acceptors (Lipinski definition) is 6. The van der Waals surface area contributed by atoms with Gasteiger partial charge in [-0.25, -0.2) is 0 Å². The lowest BCUT2D eigenvalue weighted by Crippen LogP contribution is -2.38. The molecule has 7 nitrogen and oxygen atoms in total. The summed E-state index contributed by atoms with van der Waals surface area (Å²) >= 11 is 1.49. The summed E-state index contributed by atoms with van der Waals surface area (Å²) in [4.78, 5) is 17.8. The van der Waals surface area contributed by atoms with E-state index in [0.29, 0.717) is 13.2 Å². The van der Waals surface area contributed by atoms with Gasteiger partial charge in [0.1, 0.15) is 5.25 Å². The maximum atomic E-state index is 13.6. The molecule has 0 N–H and O–H groups in total. The molecule has 2 aliphatic rings. The molecule has 172 valence electrons. The summed E-state index contributed by atoms with van der Waals surface area (Å²) in [6.07, 6.45) is 2.14. The Labute approximate surface area is 198 Å². The van der Waals surface area contributed by atoms with Crippen LogP contribution < -0.4 is 4.90 Å². The van der Waals surface area contributed by atoms with Gasteiger partial charge in [0.2, 0.25) is 11.9 Å². The summed E-state index contributed by atoms with van der Waals surface area (Å²) in [7, 11) is 0. The molecule has 0 saturated carbocycles. The number of nitrogens with zero attached hydrogens (tertiary/aromatic N) is 5. The van der Waals surface area contributed by atoms with Crippen LogP contribution in [0.15, 0.2) is 59.8 Å². The van der Waals surface area contributed by atoms with Crippen molar-refractivity contribution in [2.75, 3.05) is 44.3 Å². The number of carbonyl (C=O) groups excluding carboxylic acids is 1. The first-order valence-corrected chi connectivity index (χ1v) is 12.4. The average molecular weight is 464 g/mol. The van der Waals surface area contributed by atoms with Gasteiger partial charge in [-0.15, -0.1) is 10.2 Å². The van der Waals surface area contributed by atoms with E-state index in [0.717, 1.165) is 66.9 Å². The summed E-state index contributed by atoms with van der Waals surface area (Å²) in [6.45, 7) is 6.61. The number of rotatable bonds is 6. The van der Waals surface area contributed by atoms with E-state index in [9.17, 15) is 4.79 Å². The first-order chi connectivity index (χ1) is 16.2. The van der Waals surface area contributed by atoms with E-state index in [4.69, 9.17) is 4.74 Å². The van der Waals surface area contributed by atoms with Crippen LogP contribution in [-0.4, -0.2) is 65.0 Å². The Balaban J connectivity index is 1.55. The molecular weight excluding hydrogens is 434 g/mol. The quantitative estimate of drug-likeness (QED) is 0.517. The molecule has 0 bridgehead atoms. The van der Waals surface area contributed by atoms with Gasteiger partial charge in [-0.1, -0.05) is 54.2 Å². The fourth-order valence-corrected chi connectivity index (χ4v) is 5.53. The lowest BCUT2D eigenvalue weighted by Gasteiger charge is -2.28. The van der Waals surface area contributed by atoms with E-state index in [1.165, 1.54) is 11.8 Å². The van der Waals surface area contributed by atoms with Gasteiger partial charge < -0.3 is 14.5 Å². The Bertz CT molecular complexity index is 1090. The van der Waals surface area contributed by atoms with Gasteiger partial charge in [0.25, 0.3) is 0 Å². The third-order valence-corrected chi connectivity index (χ3v) is 7.32. The van der Waals surface area contributed by atoms with Crippen LogP contribution >= 0.6 is 11.8 Å². The van der Waals surface area contributed by atoms with Crippen molar-refractivity contribution < 1.29 is 9.53 Å². The van der Waals surface area contributed by atoms with Crippen LogP contribution in [0.4, 0.5) is 5.95 Å². The van der Waals surface area contributed by atoms with Crippen LogP contribution in [0.2, 0.25) is 0 Å². The Kier molecular flexibility index (Phi) is 6.64. The second kappa shape index (κ2) is 9.97. The van der Waals surface area contributed by atoms with Crippen molar-refractivity contribution in [3.8, 4) is 5.69 Å². The van der Waals surface area contributed by atoms with E-state index in [1.807, 2.05) is 41.3 Å². The molecule has 2 fully saturated rings. The molecule has 2 aromatic carbocycles. The van der Waals surface area contributed by atoms with Crippen molar-refractivity contribution in [3.63, 3.8) is 0 Å². The lowest BCUT2D eigenvalue weighted by atomic mass is 10.1. The Morgan fingerprint density at radius 3 is 2.45 bits per heavy atom. The van der Waals surface area contributed by atoms with Gasteiger partial charge in [-0.05, 0) is 43.0 Å². The molecule has 8 heteroatoms. The molecule has 0 spiro atoms. The first kappa shape index (κ1) is 22.0. The summed E-state index contributed by atoms with van der Waals surface area (Å²) in [6, 6.07) is 18.4. The zero-order valence-corrected chi connectivity index (χ0v) is 19.7. The van der Waals surface area contributed by atoms with E-state index >= 15 is 0 Å². The fourth-order valence-electron chi connectivity index (χ4n) is 4.40. The van der Waals surface area contributed by atoms with Gasteiger partial charge in [0.15, 0.2) is 5.16 Å². The smallest absolute Gasteiger partial charge is 0.240 e. The zero-order valence-electron chi connectivity index (χ0n) is 18.9. The van der Waals surface area contributed by atoms with Crippen molar-refractivity contribution in [1.82, 2.24) is 19.7 Å². The van der Waals surface area contributed by atoms with Crippen LogP contribution in [0.3, 0.4) is 0 Å². The molecule has 0 radical (unpaired) electrons. The SMILES string of the molecule is Cc1cccc(-n2c(SC(C(=O)N3CCCC3)c3ccccc3)nnc2N2CCOCC2)c1. The van der Waals surface area contributed by atoms with Crippen molar-refractivity contribution in [2.45, 2.75) is 30.2 Å². The minimum atomic E-state index is -0.366. The number of morpholine rings is 1. The summed E-state index contributed by atoms with van der Waals surface area (Å²) in [5, 5.41) is 9.54. The molecule has 1 aromatic heterocycles. The normalized spacial score (nSPS) is 17.4. The molecule has 3 heterocycles. The van der Waals surface area contributed by atoms with Crippen LogP contribution in [0.5, 0.6) is 0 Å². The highest BCUT2D eigenvalue weighted by atomic mass is 32.2. The molecule has 2 aliphatic heterocycles. The maximum Gasteiger partial charge on any atom is 0.240 e. The average Bonchev–Trinajstić information content (AvgIpc) is 3.54. The number of ether oxygens (including phenoxy) is 1. The molecule has 2 saturated heterocycles. The molecular formula is C25H29N5O2S. The number of amides is 1. The van der Waals surface area contributed by atoms with Crippen molar-refractivity contribution >= 4 is 23.6 Å². The van der Waals surface area contributed by atoms with Crippen molar-refractivity contribution in [2.24, 2.45) is 0 Å². The lowest BCUT2D eigenvalue weighted by molar-refractivity contribution is -0.129. The van der Waals surface area contributed by atoms with Gasteiger partial charge in [-0.2, -0.15) is 0 Å². The number of hydrogen-bond donors (Lipinski definition) is 0. The minimum absolute atomic E-state index is 0.149. The molecule has 33 heavy (non-hydrogen) atoms. The van der Waals surface area contributed by atoms with Crippen molar-refractivity contribution in [3.05, 3.63) is 65.7 Å². The van der Waals surface area contributed by atoms with Crippen LogP contribution in [0, 0.1) is 6.92 Å². The van der Waals surface area contributed by atoms with Crippen LogP contribution in [0.25, 0.3) is 5.69 Å². The topological polar surface area (TPSA) is 63.5 Å². The molecule has 1 amide bonds. The Morgan fingerprint density at radius 1 is 0.970 bits per heavy atom. The van der Waals surface area contributed by atoms with Gasteiger partial charge in [-0.3, -0.25) is 9.36 Å². The van der Waals surface area contributed by atoms with Gasteiger partial charge >= 0.3 is 0 Å². The standard InChI is InChI=1S/C25H29N5O2S/c1-19-8-7-11-21(18-19)30-24(29-14-16-32-17-15-29)26-27-25(30)33-22(20-9-3-2-4-10-20)23(31)28-12-5-6-13-28/h2-4,7-11,18,22H,5-6,12-17H2,1H3. The van der Waals surface area contributed by atoms with E-state index in [-0.39, 0.29) is 11.2 Å². The number of benzene rings is 2. The fraction of sp³-hybridized carbons (Fsp3) is 0.400. The molecule has 1 atom stereocenters. The van der Waals surface area contributed by atoms with E-state index < -0.39 is 0 Å². The highest BCUT2D eigenvalue weighted by Crippen LogP contribution is 2.39. The predicted octanol–water partition coefficient (Wildman–Crippen LogP) is 3.87. The van der Waals surface area contributed by atoms with Crippen LogP contribution in [0.1, 0.15) is 29.2 Å². The third kappa shape index (κ3) is 4.77.